The van der Waals surface area contributed by atoms with Crippen LogP contribution in [-0.2, 0) is 14.6 Å². The first kappa shape index (κ1) is 29.1. The Hall–Kier alpha value is -3.45. The summed E-state index contributed by atoms with van der Waals surface area (Å²) in [4.78, 5) is 28.9. The second kappa shape index (κ2) is 12.6. The fourth-order valence-corrected chi connectivity index (χ4v) is 6.55. The fraction of sp³-hybridized carbons (Fsp3) is 0.412. The molecule has 1 N–H and O–H groups in total. The standard InChI is InChI=1S/C34H40N2O4S/c1-24-9-11-27(12-10-24)31-23-29(31)7-6-8-32(34(38)36-21-4-3-5-22-36)35-33(37)28-15-13-25(14-16-28)26-17-19-30(20-18-26)41(2,39)40/h9-20,29,31-32H,3-8,21-23H2,1-2H3,(H,35,37)/t29-,31+,32+/m1/s1. The summed E-state index contributed by atoms with van der Waals surface area (Å²) >= 11 is 0. The molecule has 1 aliphatic carbocycles. The topological polar surface area (TPSA) is 83.5 Å². The van der Waals surface area contributed by atoms with Crippen LogP contribution in [0.5, 0.6) is 0 Å². The van der Waals surface area contributed by atoms with Crippen molar-refractivity contribution in [1.82, 2.24) is 10.2 Å². The number of hydrogen-bond acceptors (Lipinski definition) is 4. The highest BCUT2D eigenvalue weighted by Crippen LogP contribution is 2.50. The summed E-state index contributed by atoms with van der Waals surface area (Å²) < 4.78 is 23.5. The molecule has 6 nitrogen and oxygen atoms in total. The molecular formula is C34H40N2O4S. The summed E-state index contributed by atoms with van der Waals surface area (Å²) in [6, 6.07) is 22.2. The molecule has 0 aromatic heterocycles. The maximum absolute atomic E-state index is 13.5. The third kappa shape index (κ3) is 7.45. The number of amides is 2. The zero-order valence-corrected chi connectivity index (χ0v) is 24.8. The van der Waals surface area contributed by atoms with Crippen LogP contribution in [0, 0.1) is 12.8 Å². The van der Waals surface area contributed by atoms with E-state index in [1.54, 1.807) is 36.4 Å². The van der Waals surface area contributed by atoms with Crippen molar-refractivity contribution in [3.63, 3.8) is 0 Å². The van der Waals surface area contributed by atoms with Crippen molar-refractivity contribution in [3.05, 3.63) is 89.5 Å². The molecule has 1 aliphatic heterocycles. The lowest BCUT2D eigenvalue weighted by atomic mass is 10.0. The van der Waals surface area contributed by atoms with E-state index in [1.807, 2.05) is 17.0 Å². The molecule has 2 fully saturated rings. The number of nitrogens with zero attached hydrogens (tertiary/aromatic N) is 1. The van der Waals surface area contributed by atoms with E-state index in [-0.39, 0.29) is 16.7 Å². The number of aryl methyl sites for hydroxylation is 1. The van der Waals surface area contributed by atoms with Gasteiger partial charge < -0.3 is 10.2 Å². The van der Waals surface area contributed by atoms with Crippen molar-refractivity contribution in [1.29, 1.82) is 0 Å². The van der Waals surface area contributed by atoms with Gasteiger partial charge in [0.1, 0.15) is 6.04 Å². The van der Waals surface area contributed by atoms with Gasteiger partial charge in [0.2, 0.25) is 5.91 Å². The van der Waals surface area contributed by atoms with Gasteiger partial charge in [-0.2, -0.15) is 0 Å². The average Bonchev–Trinajstić information content (AvgIpc) is 3.76. The van der Waals surface area contributed by atoms with Crippen molar-refractivity contribution < 1.29 is 18.0 Å². The highest BCUT2D eigenvalue weighted by Gasteiger charge is 2.38. The van der Waals surface area contributed by atoms with Crippen LogP contribution in [0.4, 0.5) is 0 Å². The molecule has 3 aromatic carbocycles. The monoisotopic (exact) mass is 572 g/mol. The summed E-state index contributed by atoms with van der Waals surface area (Å²) in [7, 11) is -3.26. The summed E-state index contributed by atoms with van der Waals surface area (Å²) in [5, 5.41) is 3.06. The van der Waals surface area contributed by atoms with Gasteiger partial charge in [-0.3, -0.25) is 9.59 Å². The number of carbonyl (C=O) groups is 2. The zero-order chi connectivity index (χ0) is 29.0. The van der Waals surface area contributed by atoms with Gasteiger partial charge in [0.25, 0.3) is 5.91 Å². The van der Waals surface area contributed by atoms with Crippen LogP contribution in [0.15, 0.2) is 77.7 Å². The number of nitrogens with one attached hydrogen (secondary N) is 1. The second-order valence-corrected chi connectivity index (χ2v) is 13.7. The van der Waals surface area contributed by atoms with Gasteiger partial charge in [-0.05, 0) is 98.2 Å². The van der Waals surface area contributed by atoms with E-state index in [9.17, 15) is 18.0 Å². The molecule has 3 atom stereocenters. The summed E-state index contributed by atoms with van der Waals surface area (Å²) in [6.07, 6.45) is 8.16. The maximum atomic E-state index is 13.5. The molecule has 0 spiro atoms. The predicted octanol–water partition coefficient (Wildman–Crippen LogP) is 6.15. The molecule has 2 aliphatic rings. The Labute approximate surface area is 244 Å². The molecule has 0 unspecified atom stereocenters. The second-order valence-electron chi connectivity index (χ2n) is 11.7. The van der Waals surface area contributed by atoms with E-state index >= 15 is 0 Å². The Morgan fingerprint density at radius 2 is 1.49 bits per heavy atom. The van der Waals surface area contributed by atoms with E-state index < -0.39 is 15.9 Å². The van der Waals surface area contributed by atoms with Gasteiger partial charge in [0.15, 0.2) is 9.84 Å². The molecule has 7 heteroatoms. The van der Waals surface area contributed by atoms with Gasteiger partial charge in [-0.1, -0.05) is 60.5 Å². The highest BCUT2D eigenvalue weighted by atomic mass is 32.2. The van der Waals surface area contributed by atoms with Crippen LogP contribution in [0.1, 0.15) is 72.3 Å². The Balaban J connectivity index is 1.21. The van der Waals surface area contributed by atoms with E-state index in [0.29, 0.717) is 23.8 Å². The van der Waals surface area contributed by atoms with E-state index in [4.69, 9.17) is 0 Å². The third-order valence-corrected chi connectivity index (χ3v) is 9.66. The molecule has 1 saturated carbocycles. The van der Waals surface area contributed by atoms with Crippen LogP contribution in [-0.4, -0.2) is 50.5 Å². The number of sulfone groups is 1. The fourth-order valence-electron chi connectivity index (χ4n) is 5.91. The van der Waals surface area contributed by atoms with E-state index in [2.05, 4.69) is 36.5 Å². The van der Waals surface area contributed by atoms with Gasteiger partial charge in [0, 0.05) is 24.9 Å². The molecule has 216 valence electrons. The Morgan fingerprint density at radius 1 is 0.878 bits per heavy atom. The van der Waals surface area contributed by atoms with Crippen LogP contribution in [0.3, 0.4) is 0 Å². The lowest BCUT2D eigenvalue weighted by molar-refractivity contribution is -0.134. The zero-order valence-electron chi connectivity index (χ0n) is 24.0. The van der Waals surface area contributed by atoms with Crippen molar-refractivity contribution >= 4 is 21.7 Å². The molecule has 2 amide bonds. The minimum atomic E-state index is -3.26. The largest absolute Gasteiger partial charge is 0.341 e. The van der Waals surface area contributed by atoms with Gasteiger partial charge >= 0.3 is 0 Å². The van der Waals surface area contributed by atoms with Crippen molar-refractivity contribution in [3.8, 4) is 11.1 Å². The molecule has 0 bridgehead atoms. The quantitative estimate of drug-likeness (QED) is 0.316. The van der Waals surface area contributed by atoms with Crippen molar-refractivity contribution in [2.24, 2.45) is 5.92 Å². The molecule has 1 saturated heterocycles. The van der Waals surface area contributed by atoms with Crippen LogP contribution in [0.2, 0.25) is 0 Å². The number of rotatable bonds is 10. The Kier molecular flexibility index (Phi) is 8.93. The van der Waals surface area contributed by atoms with E-state index in [0.717, 1.165) is 56.3 Å². The first-order chi connectivity index (χ1) is 19.7. The lowest BCUT2D eigenvalue weighted by Crippen LogP contribution is -2.50. The van der Waals surface area contributed by atoms with Crippen molar-refractivity contribution in [2.45, 2.75) is 68.7 Å². The lowest BCUT2D eigenvalue weighted by Gasteiger charge is -2.31. The minimum absolute atomic E-state index is 0.0338. The van der Waals surface area contributed by atoms with Gasteiger partial charge in [0.05, 0.1) is 4.90 Å². The van der Waals surface area contributed by atoms with Gasteiger partial charge in [-0.15, -0.1) is 0 Å². The maximum Gasteiger partial charge on any atom is 0.251 e. The number of piperidine rings is 1. The highest BCUT2D eigenvalue weighted by molar-refractivity contribution is 7.90. The summed E-state index contributed by atoms with van der Waals surface area (Å²) in [5.74, 6) is 1.05. The molecule has 1 heterocycles. The molecule has 41 heavy (non-hydrogen) atoms. The number of benzene rings is 3. The number of hydrogen-bond donors (Lipinski definition) is 1. The number of likely N-dealkylation sites (tertiary alicyclic amines) is 1. The summed E-state index contributed by atoms with van der Waals surface area (Å²) in [5.41, 5.74) is 4.93. The Morgan fingerprint density at radius 3 is 2.10 bits per heavy atom. The number of carbonyl (C=O) groups excluding carboxylic acids is 2. The Bertz CT molecular complexity index is 1460. The van der Waals surface area contributed by atoms with Gasteiger partial charge in [-0.25, -0.2) is 8.42 Å². The normalized spacial score (nSPS) is 19.4. The first-order valence-electron chi connectivity index (χ1n) is 14.8. The molecule has 0 radical (unpaired) electrons. The van der Waals surface area contributed by atoms with Crippen molar-refractivity contribution in [2.75, 3.05) is 19.3 Å². The minimum Gasteiger partial charge on any atom is -0.341 e. The predicted molar refractivity (Wildman–Crippen MR) is 163 cm³/mol. The van der Waals surface area contributed by atoms with Crippen LogP contribution in [0.25, 0.3) is 11.1 Å². The van der Waals surface area contributed by atoms with E-state index in [1.165, 1.54) is 23.8 Å². The molecule has 3 aromatic rings. The van der Waals surface area contributed by atoms with Crippen LogP contribution < -0.4 is 5.32 Å². The SMILES string of the molecule is Cc1ccc([C@@H]2C[C@H]2CCC[C@H](NC(=O)c2ccc(-c3ccc(S(C)(=O)=O)cc3)cc2)C(=O)N2CCCCC2)cc1. The average molecular weight is 573 g/mol. The molecule has 5 rings (SSSR count). The molecular weight excluding hydrogens is 532 g/mol. The smallest absolute Gasteiger partial charge is 0.251 e. The van der Waals surface area contributed by atoms with Crippen LogP contribution >= 0.6 is 0 Å². The third-order valence-electron chi connectivity index (χ3n) is 8.53. The summed E-state index contributed by atoms with van der Waals surface area (Å²) in [6.45, 7) is 3.63. The first-order valence-corrected chi connectivity index (χ1v) is 16.6.